The molecule has 7 nitrogen and oxygen atoms in total. The standard InChI is InChI=1S/C19H24N4O3/c1-12-11-13(2)23(22-12)17-6-4-3-5-16(17)21-19(26)20-15-9-7-14(8-10-15)18(24)25/h3-6,11,14-15H,7-10H2,1-2H3,(H,24,25)(H2,20,21,26). The molecule has 1 aromatic heterocycles. The predicted molar refractivity (Wildman–Crippen MR) is 98.6 cm³/mol. The van der Waals surface area contributed by atoms with Crippen LogP contribution in [0.4, 0.5) is 10.5 Å². The molecule has 26 heavy (non-hydrogen) atoms. The Morgan fingerprint density at radius 1 is 1.15 bits per heavy atom. The second-order valence-corrected chi connectivity index (χ2v) is 6.84. The van der Waals surface area contributed by atoms with Crippen molar-refractivity contribution in [1.29, 1.82) is 0 Å². The summed E-state index contributed by atoms with van der Waals surface area (Å²) in [4.78, 5) is 23.4. The molecular weight excluding hydrogens is 332 g/mol. The first-order chi connectivity index (χ1) is 12.4. The number of rotatable bonds is 4. The maximum atomic E-state index is 12.4. The third kappa shape index (κ3) is 4.04. The molecule has 2 amide bonds. The molecule has 2 aromatic rings. The molecule has 138 valence electrons. The smallest absolute Gasteiger partial charge is 0.319 e. The molecule has 0 saturated heterocycles. The average Bonchev–Trinajstić information content (AvgIpc) is 2.94. The van der Waals surface area contributed by atoms with Gasteiger partial charge in [-0.2, -0.15) is 5.10 Å². The van der Waals surface area contributed by atoms with Crippen LogP contribution in [-0.4, -0.2) is 32.9 Å². The van der Waals surface area contributed by atoms with Crippen LogP contribution >= 0.6 is 0 Å². The first kappa shape index (κ1) is 18.0. The molecule has 0 bridgehead atoms. The maximum Gasteiger partial charge on any atom is 0.319 e. The highest BCUT2D eigenvalue weighted by molar-refractivity contribution is 5.91. The van der Waals surface area contributed by atoms with Gasteiger partial charge in [-0.25, -0.2) is 9.48 Å². The molecule has 0 atom stereocenters. The molecule has 7 heteroatoms. The summed E-state index contributed by atoms with van der Waals surface area (Å²) in [7, 11) is 0. The number of aliphatic carboxylic acids is 1. The second kappa shape index (κ2) is 7.59. The third-order valence-corrected chi connectivity index (χ3v) is 4.80. The number of para-hydroxylation sites is 2. The van der Waals surface area contributed by atoms with Gasteiger partial charge in [0.2, 0.25) is 0 Å². The average molecular weight is 356 g/mol. The van der Waals surface area contributed by atoms with Crippen molar-refractivity contribution < 1.29 is 14.7 Å². The van der Waals surface area contributed by atoms with Crippen LogP contribution in [0.15, 0.2) is 30.3 Å². The van der Waals surface area contributed by atoms with Crippen molar-refractivity contribution in [1.82, 2.24) is 15.1 Å². The number of carbonyl (C=O) groups is 2. The van der Waals surface area contributed by atoms with E-state index >= 15 is 0 Å². The summed E-state index contributed by atoms with van der Waals surface area (Å²) in [6.45, 7) is 3.90. The van der Waals surface area contributed by atoms with Crippen LogP contribution in [0, 0.1) is 19.8 Å². The zero-order valence-corrected chi connectivity index (χ0v) is 15.0. The molecule has 3 rings (SSSR count). The molecule has 0 unspecified atom stereocenters. The van der Waals surface area contributed by atoms with Crippen LogP contribution < -0.4 is 10.6 Å². The summed E-state index contributed by atoms with van der Waals surface area (Å²) < 4.78 is 1.81. The van der Waals surface area contributed by atoms with Crippen molar-refractivity contribution in [2.75, 3.05) is 5.32 Å². The second-order valence-electron chi connectivity index (χ2n) is 6.84. The fourth-order valence-electron chi connectivity index (χ4n) is 3.47. The quantitative estimate of drug-likeness (QED) is 0.783. The van der Waals surface area contributed by atoms with Crippen LogP contribution in [0.2, 0.25) is 0 Å². The highest BCUT2D eigenvalue weighted by Crippen LogP contribution is 2.25. The molecule has 3 N–H and O–H groups in total. The zero-order chi connectivity index (χ0) is 18.7. The number of anilines is 1. The molecule has 1 aliphatic carbocycles. The summed E-state index contributed by atoms with van der Waals surface area (Å²) in [5, 5.41) is 19.4. The van der Waals surface area contributed by atoms with Gasteiger partial charge in [0.15, 0.2) is 0 Å². The Balaban J connectivity index is 1.65. The lowest BCUT2D eigenvalue weighted by molar-refractivity contribution is -0.142. The summed E-state index contributed by atoms with van der Waals surface area (Å²) in [6.07, 6.45) is 2.57. The predicted octanol–water partition coefficient (Wildman–Crippen LogP) is 3.25. The molecule has 0 spiro atoms. The van der Waals surface area contributed by atoms with E-state index in [1.54, 1.807) is 0 Å². The number of benzene rings is 1. The van der Waals surface area contributed by atoms with Gasteiger partial charge in [-0.05, 0) is 57.7 Å². The van der Waals surface area contributed by atoms with Gasteiger partial charge in [0.05, 0.1) is 23.0 Å². The van der Waals surface area contributed by atoms with Crippen LogP contribution in [0.5, 0.6) is 0 Å². The fourth-order valence-corrected chi connectivity index (χ4v) is 3.47. The van der Waals surface area contributed by atoms with E-state index in [9.17, 15) is 9.59 Å². The highest BCUT2D eigenvalue weighted by Gasteiger charge is 2.26. The van der Waals surface area contributed by atoms with Crippen LogP contribution in [0.1, 0.15) is 37.1 Å². The van der Waals surface area contributed by atoms with Crippen molar-refractivity contribution in [3.05, 3.63) is 41.7 Å². The Hall–Kier alpha value is -2.83. The van der Waals surface area contributed by atoms with Crippen LogP contribution in [-0.2, 0) is 4.79 Å². The molecule has 1 saturated carbocycles. The molecule has 0 radical (unpaired) electrons. The Morgan fingerprint density at radius 2 is 1.85 bits per heavy atom. The Morgan fingerprint density at radius 3 is 2.46 bits per heavy atom. The lowest BCUT2D eigenvalue weighted by Crippen LogP contribution is -2.41. The number of aromatic nitrogens is 2. The van der Waals surface area contributed by atoms with E-state index in [1.165, 1.54) is 0 Å². The van der Waals surface area contributed by atoms with Crippen LogP contribution in [0.25, 0.3) is 5.69 Å². The minimum absolute atomic E-state index is 0.00597. The Labute approximate surface area is 152 Å². The molecular formula is C19H24N4O3. The van der Waals surface area contributed by atoms with Gasteiger partial charge in [-0.15, -0.1) is 0 Å². The van der Waals surface area contributed by atoms with Gasteiger partial charge < -0.3 is 15.7 Å². The Bertz CT molecular complexity index is 807. The van der Waals surface area contributed by atoms with Crippen molar-refractivity contribution in [2.45, 2.75) is 45.6 Å². The SMILES string of the molecule is Cc1cc(C)n(-c2ccccc2NC(=O)NC2CCC(C(=O)O)CC2)n1. The molecule has 0 aliphatic heterocycles. The van der Waals surface area contributed by atoms with Gasteiger partial charge >= 0.3 is 12.0 Å². The number of hydrogen-bond acceptors (Lipinski definition) is 3. The minimum atomic E-state index is -0.744. The van der Waals surface area contributed by atoms with Crippen molar-refractivity contribution in [2.24, 2.45) is 5.92 Å². The fraction of sp³-hybridized carbons (Fsp3) is 0.421. The number of hydrogen-bond donors (Lipinski definition) is 3. The molecule has 1 aromatic carbocycles. The normalized spacial score (nSPS) is 19.8. The van der Waals surface area contributed by atoms with Crippen molar-refractivity contribution in [3.63, 3.8) is 0 Å². The number of amides is 2. The van der Waals surface area contributed by atoms with E-state index in [0.717, 1.165) is 17.1 Å². The number of nitrogens with one attached hydrogen (secondary N) is 2. The number of carboxylic acids is 1. The molecule has 1 heterocycles. The first-order valence-electron chi connectivity index (χ1n) is 8.87. The number of carboxylic acid groups (broad SMARTS) is 1. The van der Waals surface area contributed by atoms with E-state index in [4.69, 9.17) is 5.11 Å². The van der Waals surface area contributed by atoms with E-state index in [0.29, 0.717) is 31.4 Å². The highest BCUT2D eigenvalue weighted by atomic mass is 16.4. The van der Waals surface area contributed by atoms with Gasteiger partial charge in [-0.3, -0.25) is 4.79 Å². The minimum Gasteiger partial charge on any atom is -0.481 e. The summed E-state index contributed by atoms with van der Waals surface area (Å²) in [6, 6.07) is 9.23. The van der Waals surface area contributed by atoms with Gasteiger partial charge in [0, 0.05) is 11.7 Å². The number of aryl methyl sites for hydroxylation is 2. The first-order valence-corrected chi connectivity index (χ1v) is 8.87. The van der Waals surface area contributed by atoms with E-state index in [2.05, 4.69) is 15.7 Å². The number of urea groups is 1. The monoisotopic (exact) mass is 356 g/mol. The molecule has 1 fully saturated rings. The molecule has 1 aliphatic rings. The summed E-state index contributed by atoms with van der Waals surface area (Å²) in [5.74, 6) is -1.03. The third-order valence-electron chi connectivity index (χ3n) is 4.80. The van der Waals surface area contributed by atoms with Gasteiger partial charge in [0.25, 0.3) is 0 Å². The van der Waals surface area contributed by atoms with Gasteiger partial charge in [-0.1, -0.05) is 12.1 Å². The number of carbonyl (C=O) groups excluding carboxylic acids is 1. The van der Waals surface area contributed by atoms with Crippen molar-refractivity contribution in [3.8, 4) is 5.69 Å². The largest absolute Gasteiger partial charge is 0.481 e. The van der Waals surface area contributed by atoms with E-state index in [1.807, 2.05) is 48.9 Å². The van der Waals surface area contributed by atoms with Crippen LogP contribution in [0.3, 0.4) is 0 Å². The van der Waals surface area contributed by atoms with E-state index < -0.39 is 5.97 Å². The van der Waals surface area contributed by atoms with E-state index in [-0.39, 0.29) is 18.0 Å². The van der Waals surface area contributed by atoms with Crippen molar-refractivity contribution >= 4 is 17.7 Å². The topological polar surface area (TPSA) is 96.2 Å². The van der Waals surface area contributed by atoms with Gasteiger partial charge in [0.1, 0.15) is 0 Å². The zero-order valence-electron chi connectivity index (χ0n) is 15.0. The number of nitrogens with zero attached hydrogens (tertiary/aromatic N) is 2. The summed E-state index contributed by atoms with van der Waals surface area (Å²) >= 11 is 0. The lowest BCUT2D eigenvalue weighted by atomic mass is 9.86. The maximum absolute atomic E-state index is 12.4. The lowest BCUT2D eigenvalue weighted by Gasteiger charge is -2.27. The Kier molecular flexibility index (Phi) is 5.25. The summed E-state index contributed by atoms with van der Waals surface area (Å²) in [5.41, 5.74) is 3.39.